The van der Waals surface area contributed by atoms with Crippen LogP contribution in [0, 0.1) is 12.1 Å². The van der Waals surface area contributed by atoms with Gasteiger partial charge in [-0.25, -0.2) is 0 Å². The average Bonchev–Trinajstić information content (AvgIpc) is 3.57. The van der Waals surface area contributed by atoms with Gasteiger partial charge in [0.1, 0.15) is 0 Å². The van der Waals surface area contributed by atoms with Crippen molar-refractivity contribution in [3.63, 3.8) is 0 Å². The number of rotatable bonds is 7. The first-order chi connectivity index (χ1) is 25.4. The Morgan fingerprint density at radius 1 is 0.585 bits per heavy atom. The third-order valence-corrected chi connectivity index (χ3v) is 19.5. The maximum atomic E-state index is 9.82. The molecule has 0 amide bonds. The molecular weight excluding hydrogens is 962 g/mol. The van der Waals surface area contributed by atoms with Crippen LogP contribution in [0.4, 0.5) is 0 Å². The largest absolute Gasteiger partial charge is 0 e. The summed E-state index contributed by atoms with van der Waals surface area (Å²) in [5, 5.41) is 2.59. The van der Waals surface area contributed by atoms with E-state index in [-0.39, 0.29) is 20.1 Å². The predicted molar refractivity (Wildman–Crippen MR) is 230 cm³/mol. The molecule has 0 atom stereocenters. The quantitative estimate of drug-likeness (QED) is 0.117. The van der Waals surface area contributed by atoms with Crippen molar-refractivity contribution in [3.8, 4) is 22.5 Å². The molecule has 8 aromatic rings. The van der Waals surface area contributed by atoms with Crippen LogP contribution >= 0.6 is 11.3 Å². The Kier molecular flexibility index (Phi) is 11.9. The molecule has 0 unspecified atom stereocenters. The molecule has 0 fully saturated rings. The third kappa shape index (κ3) is 8.85. The first-order valence-electron chi connectivity index (χ1n) is 18.3. The maximum absolute atomic E-state index is 9.82. The number of pyridine rings is 2. The number of fused-ring (bicyclic) bond motifs is 3. The minimum Gasteiger partial charge on any atom is 0 e. The Hall–Kier alpha value is -3.64. The van der Waals surface area contributed by atoms with E-state index < -0.39 is 32.4 Å². The monoisotopic (exact) mass is 1010 g/mol. The molecule has 1 radical (unpaired) electrons. The van der Waals surface area contributed by atoms with Crippen molar-refractivity contribution in [1.29, 1.82) is 0 Å². The van der Waals surface area contributed by atoms with Crippen LogP contribution in [0.15, 0.2) is 152 Å². The second kappa shape index (κ2) is 16.8. The van der Waals surface area contributed by atoms with E-state index in [0.717, 1.165) is 39.2 Å². The second-order valence-electron chi connectivity index (χ2n) is 15.1. The summed E-state index contributed by atoms with van der Waals surface area (Å²) in [4.78, 5) is 9.34. The normalized spacial score (nSPS) is 12.1. The number of hydrogen-bond donors (Lipinski definition) is 0. The van der Waals surface area contributed by atoms with Crippen LogP contribution in [0.5, 0.6) is 0 Å². The summed E-state index contributed by atoms with van der Waals surface area (Å²) in [6.07, 6.45) is 3.88. The number of nitrogens with zero attached hydrogens (tertiary/aromatic N) is 2. The van der Waals surface area contributed by atoms with Gasteiger partial charge in [0.15, 0.2) is 0 Å². The van der Waals surface area contributed by atoms with E-state index in [9.17, 15) is 1.37 Å². The second-order valence-corrected chi connectivity index (χ2v) is 37.4. The molecule has 0 N–H and O–H groups in total. The molecule has 0 aliphatic carbocycles. The topological polar surface area (TPSA) is 25.8 Å². The molecule has 3 aromatic heterocycles. The van der Waals surface area contributed by atoms with E-state index in [4.69, 9.17) is 4.98 Å². The molecule has 0 aliphatic heterocycles. The van der Waals surface area contributed by atoms with Crippen molar-refractivity contribution in [3.05, 3.63) is 181 Å². The zero-order valence-corrected chi connectivity index (χ0v) is 38.5. The van der Waals surface area contributed by atoms with E-state index in [1.807, 2.05) is 121 Å². The number of benzene rings is 5. The van der Waals surface area contributed by atoms with Gasteiger partial charge >= 0.3 is 310 Å². The van der Waals surface area contributed by atoms with Gasteiger partial charge in [0.25, 0.3) is 0 Å². The van der Waals surface area contributed by atoms with Crippen molar-refractivity contribution >= 4 is 66.8 Å². The van der Waals surface area contributed by atoms with Gasteiger partial charge in [-0.15, -0.1) is 0 Å². The Morgan fingerprint density at radius 2 is 1.26 bits per heavy atom. The standard InChI is InChI=1S/C33H28GeNS.C14H16GeN.Ir/c1-34(2,3)29-19-11-17-27-26-16-10-18-28(32(26)36-33(27)29)30-22-25(20-21-35-30)31(23-12-6-4-7-13-23)24-14-8-5-9-15-24;1-15(2,3)13-9-10-14(16-11-13)12-7-5-4-6-8-12;/h4-17,19-22,31H,1-3H3;4-7,9-11H,1-3H3;/q2*-1;/i31D;;. The molecule has 53 heavy (non-hydrogen) atoms. The van der Waals surface area contributed by atoms with Gasteiger partial charge in [-0.05, 0) is 0 Å². The van der Waals surface area contributed by atoms with Crippen LogP contribution in [-0.2, 0) is 20.1 Å². The number of aromatic nitrogens is 2. The smallest absolute Gasteiger partial charge is 0 e. The molecule has 8 rings (SSSR count). The van der Waals surface area contributed by atoms with Crippen molar-refractivity contribution in [2.75, 3.05) is 0 Å². The molecule has 267 valence electrons. The molecule has 0 spiro atoms. The van der Waals surface area contributed by atoms with Gasteiger partial charge < -0.3 is 0 Å². The first-order valence-corrected chi connectivity index (χ1v) is 33.3. The molecule has 0 saturated carbocycles. The van der Waals surface area contributed by atoms with Gasteiger partial charge in [0.05, 0.1) is 0 Å². The number of thiophene rings is 1. The van der Waals surface area contributed by atoms with Crippen molar-refractivity contribution in [2.45, 2.75) is 40.4 Å². The molecule has 6 heteroatoms. The zero-order valence-electron chi connectivity index (χ0n) is 32.1. The molecule has 0 bridgehead atoms. The van der Waals surface area contributed by atoms with Crippen LogP contribution in [-0.4, -0.2) is 36.5 Å². The van der Waals surface area contributed by atoms with E-state index in [2.05, 4.69) is 94.1 Å². The van der Waals surface area contributed by atoms with Crippen molar-refractivity contribution in [2.24, 2.45) is 0 Å². The SMILES string of the molecule is [2H]C(c1ccccc1)(c1ccccc1)c1ccnc(-c2[c-]ccc3c2sc2[c]([Ge]([CH3])([CH3])[CH3])cccc23)c1.[CH3][Ge]([CH3])([CH3])[c]1ccc(-c2[c-]cccc2)nc1.[Ir]. The average molecular weight is 1010 g/mol. The molecular formula is C47H44Ge2IrN2S-2. The van der Waals surface area contributed by atoms with Crippen LogP contribution in [0.3, 0.4) is 0 Å². The molecule has 0 saturated heterocycles. The fraction of sp³-hybridized carbons (Fsp3) is 0.149. The zero-order chi connectivity index (χ0) is 37.2. The van der Waals surface area contributed by atoms with Crippen molar-refractivity contribution in [1.82, 2.24) is 9.97 Å². The van der Waals surface area contributed by atoms with Crippen LogP contribution in [0.2, 0.25) is 34.5 Å². The summed E-state index contributed by atoms with van der Waals surface area (Å²) in [5.74, 6) is 13.5. The Balaban J connectivity index is 0.000000246. The summed E-state index contributed by atoms with van der Waals surface area (Å²) in [5.41, 5.74) is 6.71. The summed E-state index contributed by atoms with van der Waals surface area (Å²) in [6.45, 7) is 0. The first kappa shape index (κ1) is 37.7. The molecule has 2 nitrogen and oxygen atoms in total. The fourth-order valence-corrected chi connectivity index (χ4v) is 14.8. The van der Waals surface area contributed by atoms with Crippen LogP contribution in [0.1, 0.15) is 24.0 Å². The predicted octanol–water partition coefficient (Wildman–Crippen LogP) is 11.7. The van der Waals surface area contributed by atoms with Gasteiger partial charge in [-0.3, -0.25) is 0 Å². The van der Waals surface area contributed by atoms with Gasteiger partial charge in [-0.1, -0.05) is 12.1 Å². The summed E-state index contributed by atoms with van der Waals surface area (Å²) < 4.78 is 15.4. The van der Waals surface area contributed by atoms with Crippen molar-refractivity contribution < 1.29 is 21.5 Å². The maximum Gasteiger partial charge on any atom is 0 e. The van der Waals surface area contributed by atoms with Crippen LogP contribution in [0.25, 0.3) is 42.7 Å². The van der Waals surface area contributed by atoms with Crippen LogP contribution < -0.4 is 8.79 Å². The number of hydrogen-bond acceptors (Lipinski definition) is 3. The van der Waals surface area contributed by atoms with Gasteiger partial charge in [0, 0.05) is 20.1 Å². The molecule has 0 aliphatic rings. The Morgan fingerprint density at radius 3 is 1.87 bits per heavy atom. The minimum atomic E-state index is -2.05. The Labute approximate surface area is 339 Å². The van der Waals surface area contributed by atoms with E-state index >= 15 is 0 Å². The summed E-state index contributed by atoms with van der Waals surface area (Å²) >= 11 is -1.90. The van der Waals surface area contributed by atoms with E-state index in [1.54, 1.807) is 4.40 Å². The fourth-order valence-electron chi connectivity index (χ4n) is 6.53. The van der Waals surface area contributed by atoms with E-state index in [1.165, 1.54) is 24.6 Å². The minimum absolute atomic E-state index is 0. The summed E-state index contributed by atoms with van der Waals surface area (Å²) in [6, 6.07) is 54.2. The Bertz CT molecular complexity index is 2440. The summed E-state index contributed by atoms with van der Waals surface area (Å²) in [7, 11) is 0. The van der Waals surface area contributed by atoms with Gasteiger partial charge in [0.2, 0.25) is 0 Å². The molecule has 5 aromatic carbocycles. The van der Waals surface area contributed by atoms with E-state index in [0.29, 0.717) is 0 Å². The van der Waals surface area contributed by atoms with Gasteiger partial charge in [-0.2, -0.15) is 0 Å². The third-order valence-electron chi connectivity index (χ3n) is 9.31. The molecule has 3 heterocycles.